The molecule has 0 amide bonds. The highest BCUT2D eigenvalue weighted by molar-refractivity contribution is 5.71. The second kappa shape index (κ2) is 9.23. The lowest BCUT2D eigenvalue weighted by atomic mass is 9.79. The van der Waals surface area contributed by atoms with Crippen LogP contribution in [0.4, 0.5) is 0 Å². The fourth-order valence-electron chi connectivity index (χ4n) is 5.52. The Kier molecular flexibility index (Phi) is 5.78. The Morgan fingerprint density at radius 1 is 0.971 bits per heavy atom. The van der Waals surface area contributed by atoms with Crippen LogP contribution in [-0.2, 0) is 11.2 Å². The lowest BCUT2D eigenvalue weighted by Gasteiger charge is -2.37. The lowest BCUT2D eigenvalue weighted by Crippen LogP contribution is -2.44. The third-order valence-electron chi connectivity index (χ3n) is 7.50. The number of aromatic nitrogens is 2. The minimum absolute atomic E-state index is 0.240. The molecule has 6 rings (SSSR count). The summed E-state index contributed by atoms with van der Waals surface area (Å²) < 4.78 is 5.66. The van der Waals surface area contributed by atoms with Gasteiger partial charge in [-0.2, -0.15) is 4.98 Å². The number of hydrogen-bond acceptors (Lipinski definition) is 5. The molecule has 5 nitrogen and oxygen atoms in total. The van der Waals surface area contributed by atoms with Gasteiger partial charge in [0.25, 0.3) is 5.89 Å². The predicted octanol–water partition coefficient (Wildman–Crippen LogP) is 6.32. The quantitative estimate of drug-likeness (QED) is 0.339. The van der Waals surface area contributed by atoms with Crippen molar-refractivity contribution in [3.8, 4) is 34.0 Å². The first-order valence-electron chi connectivity index (χ1n) is 12.5. The van der Waals surface area contributed by atoms with Crippen molar-refractivity contribution in [1.29, 1.82) is 0 Å². The van der Waals surface area contributed by atoms with Gasteiger partial charge in [-0.3, -0.25) is 0 Å². The Balaban J connectivity index is 1.21. The summed E-state index contributed by atoms with van der Waals surface area (Å²) in [5.74, 6) is 1.40. The second-order valence-corrected chi connectivity index (χ2v) is 9.91. The van der Waals surface area contributed by atoms with Crippen LogP contribution >= 0.6 is 0 Å². The molecule has 1 saturated carbocycles. The number of benzene rings is 3. The van der Waals surface area contributed by atoms with Crippen molar-refractivity contribution in [3.05, 3.63) is 83.4 Å². The van der Waals surface area contributed by atoms with Gasteiger partial charge in [-0.15, -0.1) is 0 Å². The van der Waals surface area contributed by atoms with Crippen LogP contribution in [0.1, 0.15) is 48.4 Å². The minimum Gasteiger partial charge on any atom is -0.334 e. The highest BCUT2D eigenvalue weighted by atomic mass is 16.5. The number of hydrogen-bond donors (Lipinski definition) is 1. The molecule has 4 aromatic rings. The first kappa shape index (κ1) is 21.9. The zero-order valence-corrected chi connectivity index (χ0v) is 19.9. The molecule has 1 fully saturated rings. The minimum atomic E-state index is 0.240. The van der Waals surface area contributed by atoms with E-state index in [2.05, 4.69) is 72.0 Å². The Labute approximate surface area is 205 Å². The summed E-state index contributed by atoms with van der Waals surface area (Å²) >= 11 is 0. The van der Waals surface area contributed by atoms with Gasteiger partial charge in [-0.05, 0) is 85.0 Å². The van der Waals surface area contributed by atoms with E-state index in [4.69, 9.17) is 9.51 Å². The lowest BCUT2D eigenvalue weighted by molar-refractivity contribution is -0.113. The van der Waals surface area contributed by atoms with E-state index >= 15 is 0 Å². The first-order chi connectivity index (χ1) is 17.2. The van der Waals surface area contributed by atoms with E-state index in [9.17, 15) is 4.79 Å². The van der Waals surface area contributed by atoms with E-state index in [0.29, 0.717) is 23.8 Å². The third-order valence-corrected chi connectivity index (χ3v) is 7.50. The average Bonchev–Trinajstić information content (AvgIpc) is 3.36. The van der Waals surface area contributed by atoms with Crippen molar-refractivity contribution in [3.63, 3.8) is 0 Å². The van der Waals surface area contributed by atoms with E-state index < -0.39 is 0 Å². The standard InChI is InChI=1S/C30H29N3O2/c1-19-14-24(11-12-26(19)21-6-3-2-4-7-21)30-32-29(33-35-30)23-10-13-27-22(17-23)8-5-9-28(27)31-25-15-20(16-25)18-34/h2-4,6-7,10-14,17-18,20,25,28,31H,5,8-9,15-16H2,1H3/t20-,25-,28-/m1/s1. The normalized spacial score (nSPS) is 21.2. The zero-order valence-electron chi connectivity index (χ0n) is 19.9. The number of aldehydes is 1. The van der Waals surface area contributed by atoms with Crippen LogP contribution in [0.25, 0.3) is 34.0 Å². The monoisotopic (exact) mass is 463 g/mol. The molecule has 1 N–H and O–H groups in total. The molecule has 5 heteroatoms. The average molecular weight is 464 g/mol. The number of carbonyl (C=O) groups is 1. The summed E-state index contributed by atoms with van der Waals surface area (Å²) in [6.45, 7) is 2.11. The summed E-state index contributed by atoms with van der Waals surface area (Å²) in [6.07, 6.45) is 6.38. The van der Waals surface area contributed by atoms with E-state index in [1.54, 1.807) is 0 Å². The van der Waals surface area contributed by atoms with E-state index in [1.165, 1.54) is 27.8 Å². The molecule has 0 unspecified atom stereocenters. The Bertz CT molecular complexity index is 1360. The van der Waals surface area contributed by atoms with Gasteiger partial charge >= 0.3 is 0 Å². The van der Waals surface area contributed by atoms with E-state index in [1.807, 2.05) is 12.1 Å². The molecule has 0 radical (unpaired) electrons. The van der Waals surface area contributed by atoms with Crippen molar-refractivity contribution in [2.24, 2.45) is 5.92 Å². The molecule has 3 aromatic carbocycles. The fourth-order valence-corrected chi connectivity index (χ4v) is 5.52. The first-order valence-corrected chi connectivity index (χ1v) is 12.5. The maximum Gasteiger partial charge on any atom is 0.258 e. The highest BCUT2D eigenvalue weighted by Crippen LogP contribution is 2.36. The van der Waals surface area contributed by atoms with Gasteiger partial charge in [0.1, 0.15) is 6.29 Å². The predicted molar refractivity (Wildman–Crippen MR) is 137 cm³/mol. The highest BCUT2D eigenvalue weighted by Gasteiger charge is 2.32. The van der Waals surface area contributed by atoms with Gasteiger partial charge in [0, 0.05) is 29.1 Å². The largest absolute Gasteiger partial charge is 0.334 e. The topological polar surface area (TPSA) is 68.0 Å². The number of fused-ring (bicyclic) bond motifs is 1. The zero-order chi connectivity index (χ0) is 23.8. The molecule has 1 atom stereocenters. The SMILES string of the molecule is Cc1cc(-c2nc(-c3ccc4c(c3)CCC[C@H]4N[C@H]3C[C@H](C=O)C3)no2)ccc1-c1ccccc1. The maximum absolute atomic E-state index is 10.9. The van der Waals surface area contributed by atoms with Gasteiger partial charge < -0.3 is 14.6 Å². The molecule has 0 aliphatic heterocycles. The van der Waals surface area contributed by atoms with Gasteiger partial charge in [0.2, 0.25) is 5.82 Å². The molecular weight excluding hydrogens is 434 g/mol. The van der Waals surface area contributed by atoms with Crippen molar-refractivity contribution >= 4 is 6.29 Å². The van der Waals surface area contributed by atoms with Crippen LogP contribution in [0.15, 0.2) is 71.3 Å². The van der Waals surface area contributed by atoms with Crippen molar-refractivity contribution in [2.75, 3.05) is 0 Å². The van der Waals surface area contributed by atoms with Crippen LogP contribution in [0.3, 0.4) is 0 Å². The van der Waals surface area contributed by atoms with Crippen molar-refractivity contribution in [2.45, 2.75) is 51.1 Å². The fraction of sp³-hybridized carbons (Fsp3) is 0.300. The summed E-state index contributed by atoms with van der Waals surface area (Å²) in [5.41, 5.74) is 8.21. The summed E-state index contributed by atoms with van der Waals surface area (Å²) in [7, 11) is 0. The van der Waals surface area contributed by atoms with Crippen LogP contribution in [0.5, 0.6) is 0 Å². The van der Waals surface area contributed by atoms with E-state index in [0.717, 1.165) is 49.5 Å². The second-order valence-electron chi connectivity index (χ2n) is 9.91. The van der Waals surface area contributed by atoms with Crippen molar-refractivity contribution in [1.82, 2.24) is 15.5 Å². The summed E-state index contributed by atoms with van der Waals surface area (Å²) in [4.78, 5) is 15.7. The Hall–Kier alpha value is -3.57. The van der Waals surface area contributed by atoms with Gasteiger partial charge in [0.05, 0.1) is 0 Å². The molecule has 0 bridgehead atoms. The van der Waals surface area contributed by atoms with Crippen LogP contribution in [-0.4, -0.2) is 22.5 Å². The third kappa shape index (κ3) is 4.32. The molecule has 35 heavy (non-hydrogen) atoms. The molecule has 0 spiro atoms. The Morgan fingerprint density at radius 3 is 2.60 bits per heavy atom. The van der Waals surface area contributed by atoms with Crippen LogP contribution in [0.2, 0.25) is 0 Å². The smallest absolute Gasteiger partial charge is 0.258 e. The van der Waals surface area contributed by atoms with Gasteiger partial charge in [0.15, 0.2) is 0 Å². The summed E-state index contributed by atoms with van der Waals surface area (Å²) in [6, 6.07) is 24.0. The molecule has 1 aromatic heterocycles. The molecule has 0 saturated heterocycles. The number of nitrogens with one attached hydrogen (secondary N) is 1. The number of carbonyl (C=O) groups excluding carboxylic acids is 1. The number of aryl methyl sites for hydroxylation is 2. The molecule has 176 valence electrons. The molecule has 2 aliphatic rings. The molecule has 1 heterocycles. The number of nitrogens with zero attached hydrogens (tertiary/aromatic N) is 2. The van der Waals surface area contributed by atoms with Crippen molar-refractivity contribution < 1.29 is 9.32 Å². The van der Waals surface area contributed by atoms with Crippen LogP contribution < -0.4 is 5.32 Å². The van der Waals surface area contributed by atoms with Gasteiger partial charge in [-0.1, -0.05) is 53.7 Å². The molecule has 2 aliphatic carbocycles. The molecular formula is C30H29N3O2. The maximum atomic E-state index is 10.9. The van der Waals surface area contributed by atoms with Gasteiger partial charge in [-0.25, -0.2) is 0 Å². The number of rotatable bonds is 6. The Morgan fingerprint density at radius 2 is 1.80 bits per heavy atom. The van der Waals surface area contributed by atoms with E-state index in [-0.39, 0.29) is 5.92 Å². The van der Waals surface area contributed by atoms with Crippen LogP contribution in [0, 0.1) is 12.8 Å². The summed E-state index contributed by atoms with van der Waals surface area (Å²) in [5, 5.41) is 8.07.